The molecule has 6 nitrogen and oxygen atoms in total. The van der Waals surface area contributed by atoms with Crippen LogP contribution in [0.15, 0.2) is 42.5 Å². The van der Waals surface area contributed by atoms with Crippen LogP contribution in [0.5, 0.6) is 11.5 Å². The van der Waals surface area contributed by atoms with E-state index in [0.717, 1.165) is 0 Å². The van der Waals surface area contributed by atoms with Crippen LogP contribution in [0.4, 0.5) is 10.5 Å². The van der Waals surface area contributed by atoms with Gasteiger partial charge in [-0.3, -0.25) is 5.32 Å². The molecule has 21 heavy (non-hydrogen) atoms. The zero-order valence-corrected chi connectivity index (χ0v) is 11.3. The molecule has 2 aromatic rings. The topological polar surface area (TPSA) is 95.9 Å². The molecule has 0 aliphatic rings. The molecule has 0 spiro atoms. The van der Waals surface area contributed by atoms with E-state index in [9.17, 15) is 14.7 Å². The highest BCUT2D eigenvalue weighted by Crippen LogP contribution is 2.28. The number of benzene rings is 2. The van der Waals surface area contributed by atoms with E-state index in [1.807, 2.05) is 0 Å². The van der Waals surface area contributed by atoms with E-state index in [2.05, 4.69) is 5.32 Å². The minimum absolute atomic E-state index is 0.0979. The van der Waals surface area contributed by atoms with Crippen LogP contribution < -0.4 is 10.1 Å². The second kappa shape index (κ2) is 6.15. The third-order valence-corrected chi connectivity index (χ3v) is 2.75. The second-order valence-corrected chi connectivity index (χ2v) is 4.44. The Morgan fingerprint density at radius 1 is 1.05 bits per heavy atom. The van der Waals surface area contributed by atoms with Gasteiger partial charge in [-0.1, -0.05) is 11.6 Å². The van der Waals surface area contributed by atoms with Crippen molar-refractivity contribution in [3.63, 3.8) is 0 Å². The molecule has 0 bridgehead atoms. The molecule has 3 N–H and O–H groups in total. The van der Waals surface area contributed by atoms with Gasteiger partial charge in [0.2, 0.25) is 0 Å². The summed E-state index contributed by atoms with van der Waals surface area (Å²) in [5.74, 6) is -0.713. The highest BCUT2D eigenvalue weighted by molar-refractivity contribution is 6.30. The van der Waals surface area contributed by atoms with E-state index in [1.165, 1.54) is 18.2 Å². The average Bonchev–Trinajstić information content (AvgIpc) is 2.42. The lowest BCUT2D eigenvalue weighted by Gasteiger charge is -2.10. The van der Waals surface area contributed by atoms with Crippen LogP contribution in [0.3, 0.4) is 0 Å². The number of carbonyl (C=O) groups is 2. The zero-order chi connectivity index (χ0) is 15.4. The average molecular weight is 308 g/mol. The molecule has 2 aromatic carbocycles. The lowest BCUT2D eigenvalue weighted by atomic mass is 10.1. The van der Waals surface area contributed by atoms with Crippen molar-refractivity contribution in [2.45, 2.75) is 0 Å². The Hall–Kier alpha value is -2.73. The first-order valence-electron chi connectivity index (χ1n) is 5.76. The molecule has 108 valence electrons. The SMILES string of the molecule is O=C(O)Nc1ccc(Oc2ccc(Cl)cc2)c(C(=O)O)c1. The Morgan fingerprint density at radius 3 is 2.29 bits per heavy atom. The van der Waals surface area contributed by atoms with Gasteiger partial charge in [0.05, 0.1) is 0 Å². The first-order chi connectivity index (χ1) is 9.95. The lowest BCUT2D eigenvalue weighted by Crippen LogP contribution is -2.08. The number of amides is 1. The number of nitrogens with one attached hydrogen (secondary N) is 1. The van der Waals surface area contributed by atoms with Crippen molar-refractivity contribution in [3.05, 3.63) is 53.1 Å². The van der Waals surface area contributed by atoms with Crippen molar-refractivity contribution in [2.75, 3.05) is 5.32 Å². The smallest absolute Gasteiger partial charge is 0.409 e. The molecule has 0 aliphatic heterocycles. The summed E-state index contributed by atoms with van der Waals surface area (Å²) in [4.78, 5) is 21.8. The van der Waals surface area contributed by atoms with Gasteiger partial charge in [0.1, 0.15) is 17.1 Å². The molecular weight excluding hydrogens is 298 g/mol. The lowest BCUT2D eigenvalue weighted by molar-refractivity contribution is 0.0694. The molecule has 0 aliphatic carbocycles. The van der Waals surface area contributed by atoms with Crippen molar-refractivity contribution in [1.29, 1.82) is 0 Å². The fourth-order valence-corrected chi connectivity index (χ4v) is 1.74. The van der Waals surface area contributed by atoms with E-state index in [-0.39, 0.29) is 17.0 Å². The molecule has 0 saturated heterocycles. The summed E-state index contributed by atoms with van der Waals surface area (Å²) in [6.07, 6.45) is -1.28. The van der Waals surface area contributed by atoms with Crippen LogP contribution in [-0.2, 0) is 0 Å². The Bertz CT molecular complexity index is 684. The third-order valence-electron chi connectivity index (χ3n) is 2.50. The third kappa shape index (κ3) is 3.87. The van der Waals surface area contributed by atoms with Gasteiger partial charge >= 0.3 is 12.1 Å². The number of ether oxygens (including phenoxy) is 1. The normalized spacial score (nSPS) is 9.95. The van der Waals surface area contributed by atoms with Gasteiger partial charge in [-0.25, -0.2) is 9.59 Å². The van der Waals surface area contributed by atoms with Crippen molar-refractivity contribution in [1.82, 2.24) is 0 Å². The summed E-state index contributed by atoms with van der Waals surface area (Å²) in [7, 11) is 0. The van der Waals surface area contributed by atoms with E-state index < -0.39 is 12.1 Å². The summed E-state index contributed by atoms with van der Waals surface area (Å²) in [5, 5.41) is 20.4. The van der Waals surface area contributed by atoms with Crippen molar-refractivity contribution < 1.29 is 24.5 Å². The van der Waals surface area contributed by atoms with E-state index >= 15 is 0 Å². The maximum absolute atomic E-state index is 11.2. The number of anilines is 1. The van der Waals surface area contributed by atoms with Gasteiger partial charge in [-0.15, -0.1) is 0 Å². The molecule has 0 saturated carbocycles. The van der Waals surface area contributed by atoms with Crippen molar-refractivity contribution in [3.8, 4) is 11.5 Å². The minimum atomic E-state index is -1.28. The zero-order valence-electron chi connectivity index (χ0n) is 10.5. The molecule has 0 atom stereocenters. The summed E-state index contributed by atoms with van der Waals surface area (Å²) in [6.45, 7) is 0. The Balaban J connectivity index is 2.32. The number of hydrogen-bond acceptors (Lipinski definition) is 3. The predicted octanol–water partition coefficient (Wildman–Crippen LogP) is 3.92. The van der Waals surface area contributed by atoms with Crippen LogP contribution >= 0.6 is 11.6 Å². The number of aromatic carboxylic acids is 1. The molecule has 7 heteroatoms. The van der Waals surface area contributed by atoms with Gasteiger partial charge in [-0.05, 0) is 42.5 Å². The number of carboxylic acids is 1. The Labute approximate surface area is 124 Å². The molecule has 0 fully saturated rings. The number of carboxylic acid groups (broad SMARTS) is 2. The fourth-order valence-electron chi connectivity index (χ4n) is 1.62. The van der Waals surface area contributed by atoms with Crippen molar-refractivity contribution >= 4 is 29.4 Å². The molecule has 0 heterocycles. The molecule has 0 radical (unpaired) electrons. The maximum atomic E-state index is 11.2. The Morgan fingerprint density at radius 2 is 1.71 bits per heavy atom. The van der Waals surface area contributed by atoms with Gasteiger partial charge in [0.25, 0.3) is 0 Å². The summed E-state index contributed by atoms with van der Waals surface area (Å²) in [5.41, 5.74) is -0.0143. The standard InChI is InChI=1S/C14H10ClNO5/c15-8-1-4-10(5-2-8)21-12-6-3-9(16-14(19)20)7-11(12)13(17)18/h1-7,16H,(H,17,18)(H,19,20). The van der Waals surface area contributed by atoms with Crippen LogP contribution in [0.1, 0.15) is 10.4 Å². The molecule has 0 unspecified atom stereocenters. The van der Waals surface area contributed by atoms with Gasteiger partial charge < -0.3 is 14.9 Å². The second-order valence-electron chi connectivity index (χ2n) is 4.00. The highest BCUT2D eigenvalue weighted by atomic mass is 35.5. The molecule has 1 amide bonds. The van der Waals surface area contributed by atoms with Crippen LogP contribution in [0.25, 0.3) is 0 Å². The Kier molecular flexibility index (Phi) is 4.30. The van der Waals surface area contributed by atoms with Gasteiger partial charge in [0.15, 0.2) is 0 Å². The predicted molar refractivity (Wildman–Crippen MR) is 76.6 cm³/mol. The van der Waals surface area contributed by atoms with Crippen molar-refractivity contribution in [2.24, 2.45) is 0 Å². The van der Waals surface area contributed by atoms with E-state index in [1.54, 1.807) is 24.3 Å². The largest absolute Gasteiger partial charge is 0.478 e. The molecule has 0 aromatic heterocycles. The van der Waals surface area contributed by atoms with Crippen LogP contribution in [0, 0.1) is 0 Å². The van der Waals surface area contributed by atoms with Gasteiger partial charge in [-0.2, -0.15) is 0 Å². The summed E-state index contributed by atoms with van der Waals surface area (Å²) >= 11 is 5.75. The number of hydrogen-bond donors (Lipinski definition) is 3. The fraction of sp³-hybridized carbons (Fsp3) is 0. The maximum Gasteiger partial charge on any atom is 0.409 e. The molecule has 2 rings (SSSR count). The van der Waals surface area contributed by atoms with Crippen LogP contribution in [-0.4, -0.2) is 22.3 Å². The summed E-state index contributed by atoms with van der Waals surface area (Å²) in [6, 6.07) is 10.4. The quantitative estimate of drug-likeness (QED) is 0.795. The van der Waals surface area contributed by atoms with Gasteiger partial charge in [0, 0.05) is 10.7 Å². The van der Waals surface area contributed by atoms with Crippen LogP contribution in [0.2, 0.25) is 5.02 Å². The first kappa shape index (κ1) is 14.7. The number of halogens is 1. The number of rotatable bonds is 4. The van der Waals surface area contributed by atoms with E-state index in [4.69, 9.17) is 21.4 Å². The summed E-state index contributed by atoms with van der Waals surface area (Å²) < 4.78 is 5.47. The highest BCUT2D eigenvalue weighted by Gasteiger charge is 2.14. The molecular formula is C14H10ClNO5. The minimum Gasteiger partial charge on any atom is -0.478 e. The van der Waals surface area contributed by atoms with E-state index in [0.29, 0.717) is 10.8 Å². The monoisotopic (exact) mass is 307 g/mol. The first-order valence-corrected chi connectivity index (χ1v) is 6.14.